The summed E-state index contributed by atoms with van der Waals surface area (Å²) in [4.78, 5) is 15.2. The predicted molar refractivity (Wildman–Crippen MR) is 136 cm³/mol. The number of nitrogens with zero attached hydrogens (tertiary/aromatic N) is 7. The molecule has 11 nitrogen and oxygen atoms in total. The van der Waals surface area contributed by atoms with Crippen molar-refractivity contribution in [3.8, 4) is 5.82 Å². The lowest BCUT2D eigenvalue weighted by molar-refractivity contribution is 0.0948. The molecule has 0 saturated carbocycles. The Balaban J connectivity index is 1.46. The monoisotopic (exact) mass is 481 g/mol. The number of anilines is 2. The Morgan fingerprint density at radius 1 is 1.06 bits per heavy atom. The summed E-state index contributed by atoms with van der Waals surface area (Å²) in [5.41, 5.74) is 11.5. The minimum atomic E-state index is -0.521. The molecular weight excluding hydrogens is 458 g/mol. The van der Waals surface area contributed by atoms with E-state index in [0.29, 0.717) is 11.4 Å². The number of rotatable bonds is 7. The molecule has 5 rings (SSSR count). The second-order valence-corrected chi connectivity index (χ2v) is 8.13. The molecule has 0 saturated heterocycles. The van der Waals surface area contributed by atoms with Crippen LogP contribution in [0.2, 0.25) is 0 Å². The van der Waals surface area contributed by atoms with Gasteiger partial charge in [-0.2, -0.15) is 9.78 Å². The van der Waals surface area contributed by atoms with Crippen LogP contribution in [0.1, 0.15) is 28.7 Å². The van der Waals surface area contributed by atoms with Gasteiger partial charge in [-0.25, -0.2) is 10.1 Å². The van der Waals surface area contributed by atoms with Gasteiger partial charge in [-0.1, -0.05) is 65.9 Å². The summed E-state index contributed by atoms with van der Waals surface area (Å²) >= 11 is 0. The number of aromatic nitrogens is 5. The van der Waals surface area contributed by atoms with Crippen molar-refractivity contribution < 1.29 is 9.42 Å². The fraction of sp³-hybridized carbons (Fsp3) is 0.120. The molecule has 0 bridgehead atoms. The van der Waals surface area contributed by atoms with Crippen molar-refractivity contribution >= 4 is 33.9 Å². The van der Waals surface area contributed by atoms with E-state index in [-0.39, 0.29) is 23.9 Å². The third kappa shape index (κ3) is 4.37. The van der Waals surface area contributed by atoms with Gasteiger partial charge in [-0.15, -0.1) is 5.10 Å². The van der Waals surface area contributed by atoms with Crippen LogP contribution in [0.15, 0.2) is 82.5 Å². The van der Waals surface area contributed by atoms with Crippen LogP contribution in [0, 0.1) is 0 Å². The average Bonchev–Trinajstić information content (AvgIpc) is 3.52. The highest BCUT2D eigenvalue weighted by Gasteiger charge is 2.25. The number of carbonyl (C=O) groups excluding carboxylic acids is 1. The molecule has 36 heavy (non-hydrogen) atoms. The summed E-state index contributed by atoms with van der Waals surface area (Å²) in [6.45, 7) is 2.11. The van der Waals surface area contributed by atoms with Gasteiger partial charge in [-0.05, 0) is 40.1 Å². The minimum absolute atomic E-state index is 0.0280. The molecule has 0 atom stereocenters. The molecular formula is C25H23N9O2. The zero-order valence-electron chi connectivity index (χ0n) is 19.7. The van der Waals surface area contributed by atoms with Gasteiger partial charge in [0.2, 0.25) is 11.6 Å². The molecule has 2 heterocycles. The fourth-order valence-electron chi connectivity index (χ4n) is 3.91. The Morgan fingerprint density at radius 2 is 1.81 bits per heavy atom. The molecule has 3 aromatic carbocycles. The predicted octanol–water partition coefficient (Wildman–Crippen LogP) is 3.18. The Labute approximate surface area is 206 Å². The first kappa shape index (κ1) is 22.7. The summed E-state index contributed by atoms with van der Waals surface area (Å²) in [6.07, 6.45) is 0. The van der Waals surface area contributed by atoms with Gasteiger partial charge in [0.25, 0.3) is 5.91 Å². The first-order valence-electron chi connectivity index (χ1n) is 11.1. The van der Waals surface area contributed by atoms with E-state index in [4.69, 9.17) is 10.4 Å². The normalized spacial score (nSPS) is 11.6. The van der Waals surface area contributed by atoms with E-state index >= 15 is 0 Å². The SMILES string of the molecule is C/C(=N\NC(=O)c1nnn(-c2nonc2N)c1CN(C)c1ccccc1)c1cccc2ccccc12. The van der Waals surface area contributed by atoms with Crippen molar-refractivity contribution in [3.63, 3.8) is 0 Å². The summed E-state index contributed by atoms with van der Waals surface area (Å²) in [5, 5.41) is 22.1. The highest BCUT2D eigenvalue weighted by Crippen LogP contribution is 2.21. The highest BCUT2D eigenvalue weighted by atomic mass is 16.6. The molecule has 0 aliphatic heterocycles. The molecule has 0 aliphatic carbocycles. The zero-order valence-corrected chi connectivity index (χ0v) is 19.7. The standard InChI is InChI=1S/C25H23N9O2/c1-16(19-14-8-10-17-9-6-7-13-20(17)19)27-29-25(35)22-21(15-33(2)18-11-4-3-5-12-18)34(32-28-22)24-23(26)30-36-31-24/h3-14H,15H2,1-2H3,(H2,26,30)(H,29,35)/b27-16+. The van der Waals surface area contributed by atoms with Crippen molar-refractivity contribution in [2.75, 3.05) is 17.7 Å². The highest BCUT2D eigenvalue weighted by molar-refractivity contribution is 6.10. The van der Waals surface area contributed by atoms with Gasteiger partial charge in [-0.3, -0.25) is 4.79 Å². The maximum atomic E-state index is 13.2. The van der Waals surface area contributed by atoms with Gasteiger partial charge in [0, 0.05) is 18.3 Å². The number of fused-ring (bicyclic) bond motifs is 1. The Kier molecular flexibility index (Phi) is 6.10. The minimum Gasteiger partial charge on any atom is -0.378 e. The second kappa shape index (κ2) is 9.66. The summed E-state index contributed by atoms with van der Waals surface area (Å²) in [7, 11) is 1.89. The lowest BCUT2D eigenvalue weighted by atomic mass is 10.0. The van der Waals surface area contributed by atoms with E-state index in [1.54, 1.807) is 0 Å². The van der Waals surface area contributed by atoms with Gasteiger partial charge in [0.15, 0.2) is 5.69 Å². The zero-order chi connectivity index (χ0) is 25.1. The van der Waals surface area contributed by atoms with Crippen LogP contribution in [-0.2, 0) is 6.54 Å². The number of hydrogen-bond acceptors (Lipinski definition) is 9. The Bertz CT molecular complexity index is 1550. The van der Waals surface area contributed by atoms with E-state index < -0.39 is 5.91 Å². The van der Waals surface area contributed by atoms with Crippen LogP contribution in [-0.4, -0.2) is 44.0 Å². The van der Waals surface area contributed by atoms with E-state index in [0.717, 1.165) is 22.0 Å². The first-order valence-corrected chi connectivity index (χ1v) is 11.1. The number of amides is 1. The van der Waals surface area contributed by atoms with Gasteiger partial charge in [0.05, 0.1) is 18.0 Å². The average molecular weight is 482 g/mol. The van der Waals surface area contributed by atoms with Gasteiger partial charge < -0.3 is 10.6 Å². The molecule has 5 aromatic rings. The van der Waals surface area contributed by atoms with Crippen LogP contribution >= 0.6 is 0 Å². The van der Waals surface area contributed by atoms with Gasteiger partial charge >= 0.3 is 0 Å². The summed E-state index contributed by atoms with van der Waals surface area (Å²) < 4.78 is 6.08. The number of hydrogen-bond donors (Lipinski definition) is 2. The van der Waals surface area contributed by atoms with Crippen molar-refractivity contribution in [1.29, 1.82) is 0 Å². The van der Waals surface area contributed by atoms with E-state index in [2.05, 4.69) is 31.2 Å². The molecule has 2 aromatic heterocycles. The number of carbonyl (C=O) groups is 1. The van der Waals surface area contributed by atoms with Crippen LogP contribution < -0.4 is 16.1 Å². The maximum Gasteiger partial charge on any atom is 0.293 e. The maximum absolute atomic E-state index is 13.2. The van der Waals surface area contributed by atoms with Crippen LogP contribution in [0.5, 0.6) is 0 Å². The van der Waals surface area contributed by atoms with E-state index in [1.807, 2.05) is 91.7 Å². The quantitative estimate of drug-likeness (QED) is 0.267. The topological polar surface area (TPSA) is 140 Å². The molecule has 0 aliphatic rings. The molecule has 0 fully saturated rings. The summed E-state index contributed by atoms with van der Waals surface area (Å²) in [5.74, 6) is -0.346. The number of nitrogens with one attached hydrogen (secondary N) is 1. The van der Waals surface area contributed by atoms with Crippen molar-refractivity contribution in [3.05, 3.63) is 89.7 Å². The fourth-order valence-corrected chi connectivity index (χ4v) is 3.91. The number of para-hydroxylation sites is 1. The second-order valence-electron chi connectivity index (χ2n) is 8.13. The first-order chi connectivity index (χ1) is 17.5. The molecule has 1 amide bonds. The van der Waals surface area contributed by atoms with E-state index in [9.17, 15) is 4.79 Å². The Hall–Kier alpha value is -5.06. The van der Waals surface area contributed by atoms with Crippen molar-refractivity contribution in [1.82, 2.24) is 30.7 Å². The lowest BCUT2D eigenvalue weighted by Gasteiger charge is -2.19. The van der Waals surface area contributed by atoms with Gasteiger partial charge in [0.1, 0.15) is 0 Å². The number of nitrogen functional groups attached to an aromatic ring is 1. The largest absolute Gasteiger partial charge is 0.378 e. The third-order valence-corrected chi connectivity index (χ3v) is 5.76. The lowest BCUT2D eigenvalue weighted by Crippen LogP contribution is -2.25. The summed E-state index contributed by atoms with van der Waals surface area (Å²) in [6, 6.07) is 23.7. The van der Waals surface area contributed by atoms with Crippen molar-refractivity contribution in [2.24, 2.45) is 5.10 Å². The van der Waals surface area contributed by atoms with Crippen LogP contribution in [0.3, 0.4) is 0 Å². The van der Waals surface area contributed by atoms with E-state index in [1.165, 1.54) is 4.68 Å². The molecule has 3 N–H and O–H groups in total. The molecule has 11 heteroatoms. The van der Waals surface area contributed by atoms with Crippen LogP contribution in [0.4, 0.5) is 11.5 Å². The number of hydrazone groups is 1. The van der Waals surface area contributed by atoms with Crippen molar-refractivity contribution in [2.45, 2.75) is 13.5 Å². The molecule has 0 spiro atoms. The molecule has 0 unspecified atom stereocenters. The third-order valence-electron chi connectivity index (χ3n) is 5.76. The smallest absolute Gasteiger partial charge is 0.293 e. The number of nitrogens with two attached hydrogens (primary N) is 1. The molecule has 180 valence electrons. The Morgan fingerprint density at radius 3 is 2.58 bits per heavy atom. The van der Waals surface area contributed by atoms with Crippen LogP contribution in [0.25, 0.3) is 16.6 Å². The number of benzene rings is 3. The molecule has 0 radical (unpaired) electrons.